The molecule has 1 aromatic rings. The van der Waals surface area contributed by atoms with E-state index >= 15 is 0 Å². The van der Waals surface area contributed by atoms with Gasteiger partial charge in [-0.2, -0.15) is 0 Å². The highest BCUT2D eigenvalue weighted by Gasteiger charge is 2.15. The Morgan fingerprint density at radius 3 is 3.31 bits per heavy atom. The maximum Gasteiger partial charge on any atom is 0.168 e. The summed E-state index contributed by atoms with van der Waals surface area (Å²) in [7, 11) is 0. The normalized spacial score (nSPS) is 19.7. The van der Waals surface area contributed by atoms with Gasteiger partial charge in [-0.25, -0.2) is 4.98 Å². The molecule has 0 saturated carbocycles. The lowest BCUT2D eigenvalue weighted by atomic mass is 10.2. The summed E-state index contributed by atoms with van der Waals surface area (Å²) in [5.41, 5.74) is 0. The number of nitrogens with zero attached hydrogens (tertiary/aromatic N) is 1. The van der Waals surface area contributed by atoms with E-state index in [1.54, 1.807) is 6.20 Å². The zero-order valence-electron chi connectivity index (χ0n) is 9.61. The van der Waals surface area contributed by atoms with Crippen molar-refractivity contribution in [1.82, 2.24) is 4.98 Å². The van der Waals surface area contributed by atoms with Gasteiger partial charge in [0.25, 0.3) is 0 Å². The van der Waals surface area contributed by atoms with E-state index in [1.807, 2.05) is 19.1 Å². The van der Waals surface area contributed by atoms with E-state index < -0.39 is 0 Å². The van der Waals surface area contributed by atoms with Crippen LogP contribution in [0, 0.1) is 0 Å². The highest BCUT2D eigenvalue weighted by molar-refractivity contribution is 5.49. The molecule has 88 valence electrons. The SMILES string of the molecule is CCOc1cccnc1NCC1CCCO1. The second-order valence-corrected chi connectivity index (χ2v) is 3.80. The van der Waals surface area contributed by atoms with Crippen molar-refractivity contribution in [3.05, 3.63) is 18.3 Å². The molecule has 2 rings (SSSR count). The van der Waals surface area contributed by atoms with E-state index in [1.165, 1.54) is 0 Å². The fourth-order valence-corrected chi connectivity index (χ4v) is 1.81. The number of rotatable bonds is 5. The van der Waals surface area contributed by atoms with Crippen molar-refractivity contribution < 1.29 is 9.47 Å². The van der Waals surface area contributed by atoms with Gasteiger partial charge in [0.15, 0.2) is 11.6 Å². The first-order valence-corrected chi connectivity index (χ1v) is 5.83. The van der Waals surface area contributed by atoms with Gasteiger partial charge in [-0.15, -0.1) is 0 Å². The Balaban J connectivity index is 1.91. The van der Waals surface area contributed by atoms with Crippen molar-refractivity contribution in [2.45, 2.75) is 25.9 Å². The number of ether oxygens (including phenoxy) is 2. The van der Waals surface area contributed by atoms with E-state index in [4.69, 9.17) is 9.47 Å². The van der Waals surface area contributed by atoms with Crippen LogP contribution in [0.3, 0.4) is 0 Å². The van der Waals surface area contributed by atoms with Gasteiger partial charge in [-0.05, 0) is 31.9 Å². The first kappa shape index (κ1) is 11.2. The van der Waals surface area contributed by atoms with Crippen molar-refractivity contribution in [3.63, 3.8) is 0 Å². The third kappa shape index (κ3) is 2.85. The maximum absolute atomic E-state index is 5.54. The minimum Gasteiger partial charge on any atom is -0.490 e. The molecule has 1 fully saturated rings. The average molecular weight is 222 g/mol. The fourth-order valence-electron chi connectivity index (χ4n) is 1.81. The fraction of sp³-hybridized carbons (Fsp3) is 0.583. The molecule has 1 atom stereocenters. The van der Waals surface area contributed by atoms with Crippen LogP contribution in [0.5, 0.6) is 5.75 Å². The van der Waals surface area contributed by atoms with Crippen molar-refractivity contribution in [3.8, 4) is 5.75 Å². The minimum absolute atomic E-state index is 0.316. The van der Waals surface area contributed by atoms with Crippen LogP contribution in [0.15, 0.2) is 18.3 Å². The molecule has 0 aliphatic carbocycles. The molecule has 0 aromatic carbocycles. The highest BCUT2D eigenvalue weighted by atomic mass is 16.5. The number of nitrogens with one attached hydrogen (secondary N) is 1. The number of hydrogen-bond donors (Lipinski definition) is 1. The number of pyridine rings is 1. The molecular formula is C12H18N2O2. The molecule has 0 amide bonds. The number of anilines is 1. The smallest absolute Gasteiger partial charge is 0.168 e. The van der Waals surface area contributed by atoms with E-state index in [0.29, 0.717) is 12.7 Å². The van der Waals surface area contributed by atoms with Gasteiger partial charge in [0, 0.05) is 19.3 Å². The molecule has 0 spiro atoms. The summed E-state index contributed by atoms with van der Waals surface area (Å²) in [6, 6.07) is 3.80. The zero-order chi connectivity index (χ0) is 11.2. The number of aromatic nitrogens is 1. The first-order valence-electron chi connectivity index (χ1n) is 5.83. The lowest BCUT2D eigenvalue weighted by molar-refractivity contribution is 0.120. The predicted molar refractivity (Wildman–Crippen MR) is 62.9 cm³/mol. The van der Waals surface area contributed by atoms with Crippen molar-refractivity contribution in [2.75, 3.05) is 25.1 Å². The van der Waals surface area contributed by atoms with Crippen LogP contribution in [-0.4, -0.2) is 30.8 Å². The van der Waals surface area contributed by atoms with E-state index in [2.05, 4.69) is 10.3 Å². The largest absolute Gasteiger partial charge is 0.490 e. The van der Waals surface area contributed by atoms with E-state index in [-0.39, 0.29) is 0 Å². The van der Waals surface area contributed by atoms with Crippen molar-refractivity contribution >= 4 is 5.82 Å². The summed E-state index contributed by atoms with van der Waals surface area (Å²) in [5, 5.41) is 3.28. The third-order valence-electron chi connectivity index (χ3n) is 2.59. The Kier molecular flexibility index (Phi) is 3.99. The molecule has 4 nitrogen and oxygen atoms in total. The first-order chi connectivity index (χ1) is 7.90. The lowest BCUT2D eigenvalue weighted by Crippen LogP contribution is -2.19. The molecule has 1 saturated heterocycles. The third-order valence-corrected chi connectivity index (χ3v) is 2.59. The standard InChI is InChI=1S/C12H18N2O2/c1-2-15-11-6-3-7-13-12(11)14-9-10-5-4-8-16-10/h3,6-7,10H,2,4-5,8-9H2,1H3,(H,13,14). The van der Waals surface area contributed by atoms with Gasteiger partial charge < -0.3 is 14.8 Å². The van der Waals surface area contributed by atoms with Crippen molar-refractivity contribution in [1.29, 1.82) is 0 Å². The van der Waals surface area contributed by atoms with E-state index in [0.717, 1.165) is 37.6 Å². The molecule has 2 heterocycles. The summed E-state index contributed by atoms with van der Waals surface area (Å²) >= 11 is 0. The van der Waals surface area contributed by atoms with Gasteiger partial charge in [-0.3, -0.25) is 0 Å². The van der Waals surface area contributed by atoms with Crippen LogP contribution >= 0.6 is 0 Å². The van der Waals surface area contributed by atoms with Gasteiger partial charge in [-0.1, -0.05) is 0 Å². The molecule has 1 N–H and O–H groups in total. The Morgan fingerprint density at radius 1 is 1.62 bits per heavy atom. The van der Waals surface area contributed by atoms with Gasteiger partial charge in [0.2, 0.25) is 0 Å². The highest BCUT2D eigenvalue weighted by Crippen LogP contribution is 2.21. The van der Waals surface area contributed by atoms with Gasteiger partial charge in [0.05, 0.1) is 12.7 Å². The molecule has 1 aliphatic rings. The number of hydrogen-bond acceptors (Lipinski definition) is 4. The molecule has 4 heteroatoms. The summed E-state index contributed by atoms with van der Waals surface area (Å²) in [6.45, 7) is 4.31. The van der Waals surface area contributed by atoms with Crippen LogP contribution < -0.4 is 10.1 Å². The Morgan fingerprint density at radius 2 is 2.56 bits per heavy atom. The molecule has 16 heavy (non-hydrogen) atoms. The monoisotopic (exact) mass is 222 g/mol. The van der Waals surface area contributed by atoms with Crippen LogP contribution in [-0.2, 0) is 4.74 Å². The lowest BCUT2D eigenvalue weighted by Gasteiger charge is -2.13. The molecular weight excluding hydrogens is 204 g/mol. The molecule has 1 aliphatic heterocycles. The Labute approximate surface area is 96.0 Å². The predicted octanol–water partition coefficient (Wildman–Crippen LogP) is 2.07. The van der Waals surface area contributed by atoms with Crippen LogP contribution in [0.25, 0.3) is 0 Å². The summed E-state index contributed by atoms with van der Waals surface area (Å²) in [4.78, 5) is 4.27. The molecule has 1 unspecified atom stereocenters. The summed E-state index contributed by atoms with van der Waals surface area (Å²) < 4.78 is 11.0. The minimum atomic E-state index is 0.316. The van der Waals surface area contributed by atoms with Crippen LogP contribution in [0.4, 0.5) is 5.82 Å². The maximum atomic E-state index is 5.54. The molecule has 1 aromatic heterocycles. The Hall–Kier alpha value is -1.29. The molecule has 0 bridgehead atoms. The second-order valence-electron chi connectivity index (χ2n) is 3.80. The van der Waals surface area contributed by atoms with Gasteiger partial charge in [0.1, 0.15) is 0 Å². The van der Waals surface area contributed by atoms with Crippen LogP contribution in [0.2, 0.25) is 0 Å². The topological polar surface area (TPSA) is 43.4 Å². The quantitative estimate of drug-likeness (QED) is 0.828. The summed E-state index contributed by atoms with van der Waals surface area (Å²) in [5.74, 6) is 1.61. The summed E-state index contributed by atoms with van der Waals surface area (Å²) in [6.07, 6.45) is 4.37. The van der Waals surface area contributed by atoms with Crippen molar-refractivity contribution in [2.24, 2.45) is 0 Å². The second kappa shape index (κ2) is 5.70. The Bertz CT molecular complexity index is 325. The zero-order valence-corrected chi connectivity index (χ0v) is 9.61. The van der Waals surface area contributed by atoms with Crippen LogP contribution in [0.1, 0.15) is 19.8 Å². The average Bonchev–Trinajstić information content (AvgIpc) is 2.81. The molecule has 0 radical (unpaired) electrons. The van der Waals surface area contributed by atoms with E-state index in [9.17, 15) is 0 Å². The van der Waals surface area contributed by atoms with Gasteiger partial charge >= 0.3 is 0 Å².